The van der Waals surface area contributed by atoms with Gasteiger partial charge < -0.3 is 24.2 Å². The minimum atomic E-state index is 0.0710. The van der Waals surface area contributed by atoms with E-state index in [9.17, 15) is 4.79 Å². The second-order valence-electron chi connectivity index (χ2n) is 7.78. The number of hydrogen-bond acceptors (Lipinski definition) is 5. The molecular formula is C23H29N3O3. The topological polar surface area (TPSA) is 45.2 Å². The van der Waals surface area contributed by atoms with Gasteiger partial charge in [0.2, 0.25) is 6.79 Å². The van der Waals surface area contributed by atoms with Gasteiger partial charge >= 0.3 is 0 Å². The van der Waals surface area contributed by atoms with Gasteiger partial charge in [-0.25, -0.2) is 0 Å². The molecule has 0 radical (unpaired) electrons. The Morgan fingerprint density at radius 3 is 2.55 bits per heavy atom. The van der Waals surface area contributed by atoms with Gasteiger partial charge in [-0.2, -0.15) is 0 Å². The number of nitrogens with zero attached hydrogens (tertiary/aromatic N) is 3. The van der Waals surface area contributed by atoms with Crippen molar-refractivity contribution >= 4 is 5.91 Å². The number of rotatable bonds is 7. The summed E-state index contributed by atoms with van der Waals surface area (Å²) in [4.78, 5) is 20.0. The molecule has 0 atom stereocenters. The molecular weight excluding hydrogens is 366 g/mol. The molecule has 6 heteroatoms. The Morgan fingerprint density at radius 1 is 1.00 bits per heavy atom. The fourth-order valence-electron chi connectivity index (χ4n) is 3.83. The van der Waals surface area contributed by atoms with Crippen molar-refractivity contribution in [3.8, 4) is 11.5 Å². The van der Waals surface area contributed by atoms with Crippen molar-refractivity contribution in [2.24, 2.45) is 0 Å². The van der Waals surface area contributed by atoms with Gasteiger partial charge in [-0.05, 0) is 49.8 Å². The predicted molar refractivity (Wildman–Crippen MR) is 112 cm³/mol. The van der Waals surface area contributed by atoms with Gasteiger partial charge in [-0.3, -0.25) is 4.79 Å². The molecule has 2 aromatic rings. The van der Waals surface area contributed by atoms with E-state index >= 15 is 0 Å². The normalized spacial score (nSPS) is 16.7. The van der Waals surface area contributed by atoms with Crippen LogP contribution in [0.3, 0.4) is 0 Å². The number of ether oxygens (including phenoxy) is 2. The van der Waals surface area contributed by atoms with Crippen molar-refractivity contribution in [3.63, 3.8) is 0 Å². The molecule has 154 valence electrons. The Bertz CT molecular complexity index is 819. The number of hydrogen-bond donors (Lipinski definition) is 0. The monoisotopic (exact) mass is 395 g/mol. The van der Waals surface area contributed by atoms with E-state index in [1.807, 2.05) is 53.4 Å². The maximum Gasteiger partial charge on any atom is 0.254 e. The van der Waals surface area contributed by atoms with Crippen molar-refractivity contribution in [2.45, 2.75) is 13.0 Å². The van der Waals surface area contributed by atoms with Crippen LogP contribution < -0.4 is 9.47 Å². The summed E-state index contributed by atoms with van der Waals surface area (Å²) in [6.07, 6.45) is 0.965. The van der Waals surface area contributed by atoms with E-state index in [-0.39, 0.29) is 12.7 Å². The standard InChI is InChI=1S/C23H29N3O3/c1-24-12-14-25(15-13-24)10-5-11-26(23(27)20-6-3-2-4-7-20)17-19-8-9-21-22(16-19)29-18-28-21/h2-4,6-9,16H,5,10-15,17-18H2,1H3. The lowest BCUT2D eigenvalue weighted by atomic mass is 10.1. The SMILES string of the molecule is CN1CCN(CCCN(Cc2ccc3c(c2)OCO3)C(=O)c2ccccc2)CC1. The van der Waals surface area contributed by atoms with Crippen LogP contribution in [0.2, 0.25) is 0 Å². The number of piperazine rings is 1. The van der Waals surface area contributed by atoms with E-state index in [1.54, 1.807) is 0 Å². The third-order valence-electron chi connectivity index (χ3n) is 5.62. The van der Waals surface area contributed by atoms with Crippen LogP contribution in [0.1, 0.15) is 22.3 Å². The highest BCUT2D eigenvalue weighted by atomic mass is 16.7. The lowest BCUT2D eigenvalue weighted by Crippen LogP contribution is -2.45. The van der Waals surface area contributed by atoms with Crippen molar-refractivity contribution in [1.29, 1.82) is 0 Å². The van der Waals surface area contributed by atoms with Crippen LogP contribution in [0.15, 0.2) is 48.5 Å². The minimum Gasteiger partial charge on any atom is -0.454 e. The zero-order valence-corrected chi connectivity index (χ0v) is 17.0. The molecule has 6 nitrogen and oxygen atoms in total. The summed E-state index contributed by atoms with van der Waals surface area (Å²) < 4.78 is 10.9. The van der Waals surface area contributed by atoms with E-state index in [0.29, 0.717) is 6.54 Å². The number of benzene rings is 2. The Balaban J connectivity index is 1.41. The van der Waals surface area contributed by atoms with E-state index in [2.05, 4.69) is 16.8 Å². The summed E-state index contributed by atoms with van der Waals surface area (Å²) in [5, 5.41) is 0. The number of carbonyl (C=O) groups is 1. The maximum atomic E-state index is 13.2. The molecule has 0 saturated carbocycles. The molecule has 0 aliphatic carbocycles. The van der Waals surface area contributed by atoms with Crippen molar-refractivity contribution in [2.75, 3.05) is 53.1 Å². The highest BCUT2D eigenvalue weighted by Gasteiger charge is 2.20. The number of fused-ring (bicyclic) bond motifs is 1. The van der Waals surface area contributed by atoms with Crippen LogP contribution in [-0.4, -0.2) is 73.7 Å². The molecule has 29 heavy (non-hydrogen) atoms. The van der Waals surface area contributed by atoms with Crippen LogP contribution >= 0.6 is 0 Å². The number of likely N-dealkylation sites (N-methyl/N-ethyl adjacent to an activating group) is 1. The molecule has 0 aromatic heterocycles. The molecule has 0 bridgehead atoms. The fourth-order valence-corrected chi connectivity index (χ4v) is 3.83. The molecule has 0 unspecified atom stereocenters. The largest absolute Gasteiger partial charge is 0.454 e. The van der Waals surface area contributed by atoms with Gasteiger partial charge in [0.25, 0.3) is 5.91 Å². The zero-order valence-electron chi connectivity index (χ0n) is 17.0. The Kier molecular flexibility index (Phi) is 6.32. The van der Waals surface area contributed by atoms with Crippen LogP contribution in [-0.2, 0) is 6.54 Å². The van der Waals surface area contributed by atoms with Gasteiger partial charge in [0.15, 0.2) is 11.5 Å². The Hall–Kier alpha value is -2.57. The van der Waals surface area contributed by atoms with Gasteiger partial charge in [0, 0.05) is 44.8 Å². The van der Waals surface area contributed by atoms with Crippen LogP contribution in [0, 0.1) is 0 Å². The first-order chi connectivity index (χ1) is 14.2. The van der Waals surface area contributed by atoms with Crippen LogP contribution in [0.25, 0.3) is 0 Å². The van der Waals surface area contributed by atoms with Crippen molar-refractivity contribution in [3.05, 3.63) is 59.7 Å². The Labute approximate surface area is 172 Å². The lowest BCUT2D eigenvalue weighted by molar-refractivity contribution is 0.0728. The third kappa shape index (κ3) is 5.08. The Morgan fingerprint density at radius 2 is 1.76 bits per heavy atom. The molecule has 1 saturated heterocycles. The minimum absolute atomic E-state index is 0.0710. The second kappa shape index (κ2) is 9.29. The smallest absolute Gasteiger partial charge is 0.254 e. The summed E-state index contributed by atoms with van der Waals surface area (Å²) in [6.45, 7) is 7.01. The van der Waals surface area contributed by atoms with Gasteiger partial charge in [-0.1, -0.05) is 24.3 Å². The average molecular weight is 396 g/mol. The third-order valence-corrected chi connectivity index (χ3v) is 5.62. The predicted octanol–water partition coefficient (Wildman–Crippen LogP) is 2.70. The summed E-state index contributed by atoms with van der Waals surface area (Å²) in [5.74, 6) is 1.60. The lowest BCUT2D eigenvalue weighted by Gasteiger charge is -2.33. The molecule has 4 rings (SSSR count). The van der Waals surface area contributed by atoms with E-state index in [1.165, 1.54) is 0 Å². The number of carbonyl (C=O) groups excluding carboxylic acids is 1. The highest BCUT2D eigenvalue weighted by Crippen LogP contribution is 2.33. The molecule has 1 fully saturated rings. The second-order valence-corrected chi connectivity index (χ2v) is 7.78. The van der Waals surface area contributed by atoms with Gasteiger partial charge in [-0.15, -0.1) is 0 Å². The average Bonchev–Trinajstić information content (AvgIpc) is 3.22. The summed E-state index contributed by atoms with van der Waals surface area (Å²) in [5.41, 5.74) is 1.78. The van der Waals surface area contributed by atoms with Gasteiger partial charge in [0.05, 0.1) is 0 Å². The fraction of sp³-hybridized carbons (Fsp3) is 0.435. The van der Waals surface area contributed by atoms with Crippen molar-refractivity contribution in [1.82, 2.24) is 14.7 Å². The van der Waals surface area contributed by atoms with E-state index in [4.69, 9.17) is 9.47 Å². The first-order valence-electron chi connectivity index (χ1n) is 10.3. The maximum absolute atomic E-state index is 13.2. The molecule has 2 heterocycles. The molecule has 0 N–H and O–H groups in total. The molecule has 1 amide bonds. The van der Waals surface area contributed by atoms with Crippen LogP contribution in [0.5, 0.6) is 11.5 Å². The molecule has 2 aliphatic rings. The van der Waals surface area contributed by atoms with Crippen molar-refractivity contribution < 1.29 is 14.3 Å². The van der Waals surface area contributed by atoms with E-state index < -0.39 is 0 Å². The first kappa shape index (κ1) is 19.7. The molecule has 0 spiro atoms. The summed E-state index contributed by atoms with van der Waals surface area (Å²) in [6, 6.07) is 15.4. The van der Waals surface area contributed by atoms with Crippen LogP contribution in [0.4, 0.5) is 0 Å². The summed E-state index contributed by atoms with van der Waals surface area (Å²) >= 11 is 0. The van der Waals surface area contributed by atoms with Gasteiger partial charge in [0.1, 0.15) is 0 Å². The summed E-state index contributed by atoms with van der Waals surface area (Å²) in [7, 11) is 2.17. The molecule has 2 aliphatic heterocycles. The first-order valence-corrected chi connectivity index (χ1v) is 10.3. The molecule has 2 aromatic carbocycles. The quantitative estimate of drug-likeness (QED) is 0.721. The highest BCUT2D eigenvalue weighted by molar-refractivity contribution is 5.94. The number of amides is 1. The zero-order chi connectivity index (χ0) is 20.1. The van der Waals surface area contributed by atoms with E-state index in [0.717, 1.165) is 68.3 Å².